The highest BCUT2D eigenvalue weighted by Crippen LogP contribution is 2.18. The van der Waals surface area contributed by atoms with Crippen molar-refractivity contribution in [2.75, 3.05) is 5.32 Å². The summed E-state index contributed by atoms with van der Waals surface area (Å²) < 4.78 is 2.05. The minimum atomic E-state index is -0.0127. The molecule has 4 nitrogen and oxygen atoms in total. The minimum Gasteiger partial charge on any atom is -0.331 e. The Labute approximate surface area is 129 Å². The average Bonchev–Trinajstić information content (AvgIpc) is 2.76. The average molecular weight is 293 g/mol. The Morgan fingerprint density at radius 1 is 1.18 bits per heavy atom. The van der Waals surface area contributed by atoms with Crippen molar-refractivity contribution in [3.63, 3.8) is 0 Å². The molecule has 0 spiro atoms. The fourth-order valence-corrected chi connectivity index (χ4v) is 2.57. The van der Waals surface area contributed by atoms with E-state index in [4.69, 9.17) is 0 Å². The monoisotopic (exact) mass is 293 g/mol. The number of hydrogen-bond acceptors (Lipinski definition) is 2. The molecule has 1 heterocycles. The van der Waals surface area contributed by atoms with E-state index in [0.29, 0.717) is 6.42 Å². The normalized spacial score (nSPS) is 10.9. The van der Waals surface area contributed by atoms with E-state index in [-0.39, 0.29) is 5.91 Å². The van der Waals surface area contributed by atoms with Gasteiger partial charge in [-0.1, -0.05) is 24.3 Å². The van der Waals surface area contributed by atoms with Gasteiger partial charge in [-0.3, -0.25) is 4.79 Å². The Bertz CT molecular complexity index is 849. The summed E-state index contributed by atoms with van der Waals surface area (Å²) in [6, 6.07) is 13.8. The second-order valence-electron chi connectivity index (χ2n) is 5.58. The molecule has 0 aliphatic heterocycles. The van der Waals surface area contributed by atoms with Crippen LogP contribution in [0, 0.1) is 13.8 Å². The largest absolute Gasteiger partial charge is 0.331 e. The highest BCUT2D eigenvalue weighted by Gasteiger charge is 2.09. The van der Waals surface area contributed by atoms with Gasteiger partial charge in [0.05, 0.1) is 17.5 Å². The lowest BCUT2D eigenvalue weighted by molar-refractivity contribution is -0.115. The summed E-state index contributed by atoms with van der Waals surface area (Å²) in [4.78, 5) is 16.7. The van der Waals surface area contributed by atoms with Gasteiger partial charge in [0.25, 0.3) is 0 Å². The van der Waals surface area contributed by atoms with Crippen LogP contribution in [-0.4, -0.2) is 15.5 Å². The number of para-hydroxylation sites is 1. The molecule has 1 aromatic heterocycles. The topological polar surface area (TPSA) is 46.9 Å². The predicted molar refractivity (Wildman–Crippen MR) is 89.0 cm³/mol. The molecule has 0 aliphatic carbocycles. The number of nitrogens with one attached hydrogen (secondary N) is 1. The fraction of sp³-hybridized carbons (Fsp3) is 0.222. The number of rotatable bonds is 3. The van der Waals surface area contributed by atoms with E-state index in [1.165, 1.54) is 0 Å². The Morgan fingerprint density at radius 2 is 1.95 bits per heavy atom. The summed E-state index contributed by atoms with van der Waals surface area (Å²) >= 11 is 0. The quantitative estimate of drug-likeness (QED) is 0.805. The molecule has 1 amide bonds. The van der Waals surface area contributed by atoms with Crippen molar-refractivity contribution in [1.82, 2.24) is 9.55 Å². The molecule has 0 saturated heterocycles. The number of anilines is 1. The van der Waals surface area contributed by atoms with Crippen molar-refractivity contribution < 1.29 is 4.79 Å². The van der Waals surface area contributed by atoms with Crippen molar-refractivity contribution in [2.45, 2.75) is 20.3 Å². The van der Waals surface area contributed by atoms with Gasteiger partial charge in [0.1, 0.15) is 5.82 Å². The molecule has 0 atom stereocenters. The third-order valence-corrected chi connectivity index (χ3v) is 3.95. The van der Waals surface area contributed by atoms with Crippen LogP contribution in [0.25, 0.3) is 11.0 Å². The van der Waals surface area contributed by atoms with E-state index < -0.39 is 0 Å². The third kappa shape index (κ3) is 2.72. The van der Waals surface area contributed by atoms with Gasteiger partial charge in [-0.15, -0.1) is 0 Å². The maximum Gasteiger partial charge on any atom is 0.228 e. The first-order valence-corrected chi connectivity index (χ1v) is 7.32. The Kier molecular flexibility index (Phi) is 3.67. The smallest absolute Gasteiger partial charge is 0.228 e. The third-order valence-electron chi connectivity index (χ3n) is 3.95. The first kappa shape index (κ1) is 14.3. The van der Waals surface area contributed by atoms with Crippen LogP contribution in [0.1, 0.15) is 17.0 Å². The standard InChI is InChI=1S/C18H19N3O/c1-12-6-4-5-7-15(12)20-18(22)11-14-8-9-17-16(10-14)19-13(2)21(17)3/h4-10H,11H2,1-3H3,(H,20,22). The zero-order valence-corrected chi connectivity index (χ0v) is 13.1. The molecule has 1 N–H and O–H groups in total. The van der Waals surface area contributed by atoms with Gasteiger partial charge in [-0.2, -0.15) is 0 Å². The number of aromatic nitrogens is 2. The molecule has 3 rings (SSSR count). The minimum absolute atomic E-state index is 0.0127. The zero-order valence-electron chi connectivity index (χ0n) is 13.1. The molecular weight excluding hydrogens is 274 g/mol. The number of carbonyl (C=O) groups is 1. The lowest BCUT2D eigenvalue weighted by atomic mass is 10.1. The molecule has 0 bridgehead atoms. The molecule has 0 aliphatic rings. The van der Waals surface area contributed by atoms with Gasteiger partial charge in [0.2, 0.25) is 5.91 Å². The molecule has 0 radical (unpaired) electrons. The second kappa shape index (κ2) is 5.64. The molecule has 112 valence electrons. The van der Waals surface area contributed by atoms with Crippen LogP contribution in [0.3, 0.4) is 0 Å². The van der Waals surface area contributed by atoms with Gasteiger partial charge in [0, 0.05) is 12.7 Å². The van der Waals surface area contributed by atoms with E-state index >= 15 is 0 Å². The van der Waals surface area contributed by atoms with Crippen LogP contribution in [0.2, 0.25) is 0 Å². The zero-order chi connectivity index (χ0) is 15.7. The van der Waals surface area contributed by atoms with Crippen LogP contribution in [-0.2, 0) is 18.3 Å². The summed E-state index contributed by atoms with van der Waals surface area (Å²) in [7, 11) is 2.00. The molecular formula is C18H19N3O. The van der Waals surface area contributed by atoms with Crippen LogP contribution in [0.15, 0.2) is 42.5 Å². The number of aryl methyl sites for hydroxylation is 3. The van der Waals surface area contributed by atoms with Crippen molar-refractivity contribution in [3.8, 4) is 0 Å². The number of hydrogen-bond donors (Lipinski definition) is 1. The number of carbonyl (C=O) groups excluding carboxylic acids is 1. The van der Waals surface area contributed by atoms with Gasteiger partial charge < -0.3 is 9.88 Å². The van der Waals surface area contributed by atoms with Crippen molar-refractivity contribution in [1.29, 1.82) is 0 Å². The van der Waals surface area contributed by atoms with Gasteiger partial charge in [0.15, 0.2) is 0 Å². The van der Waals surface area contributed by atoms with Gasteiger partial charge in [-0.25, -0.2) is 4.98 Å². The van der Waals surface area contributed by atoms with Crippen LogP contribution in [0.4, 0.5) is 5.69 Å². The maximum atomic E-state index is 12.2. The molecule has 4 heteroatoms. The number of nitrogens with zero attached hydrogens (tertiary/aromatic N) is 2. The summed E-state index contributed by atoms with van der Waals surface area (Å²) in [5.41, 5.74) is 4.91. The molecule has 2 aromatic carbocycles. The van der Waals surface area contributed by atoms with E-state index in [0.717, 1.165) is 33.7 Å². The van der Waals surface area contributed by atoms with Crippen molar-refractivity contribution >= 4 is 22.6 Å². The lowest BCUT2D eigenvalue weighted by Crippen LogP contribution is -2.15. The Balaban J connectivity index is 1.78. The van der Waals surface area contributed by atoms with E-state index in [9.17, 15) is 4.79 Å². The van der Waals surface area contributed by atoms with E-state index in [1.54, 1.807) is 0 Å². The summed E-state index contributed by atoms with van der Waals surface area (Å²) in [6.45, 7) is 3.96. The van der Waals surface area contributed by atoms with Crippen LogP contribution in [0.5, 0.6) is 0 Å². The van der Waals surface area contributed by atoms with Crippen molar-refractivity contribution in [2.24, 2.45) is 7.05 Å². The number of benzene rings is 2. The summed E-state index contributed by atoms with van der Waals surface area (Å²) in [5.74, 6) is 0.956. The summed E-state index contributed by atoms with van der Waals surface area (Å²) in [5, 5.41) is 2.96. The molecule has 22 heavy (non-hydrogen) atoms. The lowest BCUT2D eigenvalue weighted by Gasteiger charge is -2.08. The fourth-order valence-electron chi connectivity index (χ4n) is 2.57. The molecule has 0 saturated carbocycles. The number of amides is 1. The predicted octanol–water partition coefficient (Wildman–Crippen LogP) is 3.37. The van der Waals surface area contributed by atoms with Gasteiger partial charge in [-0.05, 0) is 43.2 Å². The number of imidazole rings is 1. The van der Waals surface area contributed by atoms with E-state index in [1.807, 2.05) is 67.9 Å². The van der Waals surface area contributed by atoms with Crippen LogP contribution >= 0.6 is 0 Å². The molecule has 0 unspecified atom stereocenters. The molecule has 3 aromatic rings. The SMILES string of the molecule is Cc1ccccc1NC(=O)Cc1ccc2c(c1)nc(C)n2C. The van der Waals surface area contributed by atoms with Crippen molar-refractivity contribution in [3.05, 3.63) is 59.4 Å². The Hall–Kier alpha value is -2.62. The maximum absolute atomic E-state index is 12.2. The molecule has 0 fully saturated rings. The highest BCUT2D eigenvalue weighted by molar-refractivity contribution is 5.93. The Morgan fingerprint density at radius 3 is 2.73 bits per heavy atom. The second-order valence-corrected chi connectivity index (χ2v) is 5.58. The first-order chi connectivity index (χ1) is 10.5. The highest BCUT2D eigenvalue weighted by atomic mass is 16.1. The van der Waals surface area contributed by atoms with Crippen LogP contribution < -0.4 is 5.32 Å². The summed E-state index contributed by atoms with van der Waals surface area (Å²) in [6.07, 6.45) is 0.347. The first-order valence-electron chi connectivity index (χ1n) is 7.32. The van der Waals surface area contributed by atoms with E-state index in [2.05, 4.69) is 10.3 Å². The number of fused-ring (bicyclic) bond motifs is 1. The van der Waals surface area contributed by atoms with Gasteiger partial charge >= 0.3 is 0 Å².